The van der Waals surface area contributed by atoms with Crippen LogP contribution in [0.4, 0.5) is 0 Å². The van der Waals surface area contributed by atoms with Gasteiger partial charge in [-0.2, -0.15) is 4.98 Å². The highest BCUT2D eigenvalue weighted by Crippen LogP contribution is 2.27. The van der Waals surface area contributed by atoms with E-state index in [9.17, 15) is 0 Å². The van der Waals surface area contributed by atoms with Crippen molar-refractivity contribution in [3.63, 3.8) is 0 Å². The van der Waals surface area contributed by atoms with Crippen LogP contribution in [0.15, 0.2) is 22.9 Å². The van der Waals surface area contributed by atoms with Crippen molar-refractivity contribution >= 4 is 0 Å². The second kappa shape index (κ2) is 5.35. The summed E-state index contributed by atoms with van der Waals surface area (Å²) in [6, 6.07) is 4.14. The maximum Gasteiger partial charge on any atom is 0.231 e. The summed E-state index contributed by atoms with van der Waals surface area (Å²) >= 11 is 0. The summed E-state index contributed by atoms with van der Waals surface area (Å²) in [5, 5.41) is 7.29. The molecule has 0 aliphatic carbocycles. The zero-order valence-corrected chi connectivity index (χ0v) is 11.3. The summed E-state index contributed by atoms with van der Waals surface area (Å²) in [5.41, 5.74) is 0.879. The number of nitrogens with zero attached hydrogens (tertiary/aromatic N) is 2. The van der Waals surface area contributed by atoms with Gasteiger partial charge in [-0.3, -0.25) is 0 Å². The van der Waals surface area contributed by atoms with Gasteiger partial charge in [-0.1, -0.05) is 19.0 Å². The van der Waals surface area contributed by atoms with Crippen molar-refractivity contribution in [1.82, 2.24) is 20.4 Å². The summed E-state index contributed by atoms with van der Waals surface area (Å²) in [7, 11) is 1.95. The Morgan fingerprint density at radius 1 is 1.33 bits per heavy atom. The largest absolute Gasteiger partial charge is 0.359 e. The lowest BCUT2D eigenvalue weighted by Crippen LogP contribution is -2.32. The lowest BCUT2D eigenvalue weighted by atomic mass is 9.89. The molecule has 0 fully saturated rings. The third-order valence-corrected chi connectivity index (χ3v) is 3.28. The molecule has 0 spiro atoms. The molecule has 2 aromatic heterocycles. The molecule has 0 radical (unpaired) electrons. The normalized spacial score (nSPS) is 14.9. The molecule has 5 nitrogen and oxygen atoms in total. The van der Waals surface area contributed by atoms with Crippen LogP contribution in [0.1, 0.15) is 32.6 Å². The number of H-pyrrole nitrogens is 1. The van der Waals surface area contributed by atoms with Crippen molar-refractivity contribution in [2.45, 2.75) is 32.7 Å². The van der Waals surface area contributed by atoms with Crippen LogP contribution in [0.2, 0.25) is 0 Å². The Morgan fingerprint density at radius 2 is 2.11 bits per heavy atom. The van der Waals surface area contributed by atoms with Crippen LogP contribution >= 0.6 is 0 Å². The van der Waals surface area contributed by atoms with Crippen LogP contribution in [-0.2, 0) is 0 Å². The standard InChI is InChI=1S/C13H20N4O/c1-8(2)11(9(3)14-4)13-16-12(17-18-13)10-6-5-7-15-10/h5-9,11,14-15H,1-4H3. The summed E-state index contributed by atoms with van der Waals surface area (Å²) in [5.74, 6) is 1.95. The van der Waals surface area contributed by atoms with E-state index in [1.807, 2.05) is 25.4 Å². The molecule has 18 heavy (non-hydrogen) atoms. The number of hydrogen-bond acceptors (Lipinski definition) is 4. The molecule has 2 atom stereocenters. The van der Waals surface area contributed by atoms with Crippen molar-refractivity contribution in [3.05, 3.63) is 24.2 Å². The van der Waals surface area contributed by atoms with E-state index < -0.39 is 0 Å². The zero-order chi connectivity index (χ0) is 13.1. The number of likely N-dealkylation sites (N-methyl/N-ethyl adjacent to an activating group) is 1. The highest BCUT2D eigenvalue weighted by molar-refractivity contribution is 5.47. The first-order valence-electron chi connectivity index (χ1n) is 6.28. The lowest BCUT2D eigenvalue weighted by molar-refractivity contribution is 0.286. The molecule has 2 aromatic rings. The van der Waals surface area contributed by atoms with Gasteiger partial charge in [0, 0.05) is 12.2 Å². The van der Waals surface area contributed by atoms with Gasteiger partial charge >= 0.3 is 0 Å². The van der Waals surface area contributed by atoms with Gasteiger partial charge in [-0.05, 0) is 32.0 Å². The first-order valence-corrected chi connectivity index (χ1v) is 6.28. The molecule has 2 unspecified atom stereocenters. The Hall–Kier alpha value is -1.62. The van der Waals surface area contributed by atoms with Gasteiger partial charge in [0.2, 0.25) is 11.7 Å². The van der Waals surface area contributed by atoms with Gasteiger partial charge in [-0.25, -0.2) is 0 Å². The van der Waals surface area contributed by atoms with Crippen LogP contribution in [-0.4, -0.2) is 28.2 Å². The maximum atomic E-state index is 5.41. The molecule has 5 heteroatoms. The minimum absolute atomic E-state index is 0.214. The number of aromatic amines is 1. The Morgan fingerprint density at radius 3 is 2.67 bits per heavy atom. The molecule has 0 saturated heterocycles. The van der Waals surface area contributed by atoms with Gasteiger partial charge in [0.25, 0.3) is 0 Å². The Kier molecular flexibility index (Phi) is 3.81. The first-order chi connectivity index (χ1) is 8.63. The quantitative estimate of drug-likeness (QED) is 0.852. The molecule has 2 heterocycles. The fraction of sp³-hybridized carbons (Fsp3) is 0.538. The van der Waals surface area contributed by atoms with E-state index in [0.717, 1.165) is 5.69 Å². The van der Waals surface area contributed by atoms with Crippen LogP contribution in [0.5, 0.6) is 0 Å². The van der Waals surface area contributed by atoms with Crippen LogP contribution in [0.3, 0.4) is 0 Å². The minimum Gasteiger partial charge on any atom is -0.359 e. The average Bonchev–Trinajstić information content (AvgIpc) is 2.98. The third kappa shape index (κ3) is 2.46. The van der Waals surface area contributed by atoms with Crippen molar-refractivity contribution in [3.8, 4) is 11.5 Å². The molecule has 0 aromatic carbocycles. The van der Waals surface area contributed by atoms with E-state index in [0.29, 0.717) is 23.7 Å². The van der Waals surface area contributed by atoms with Crippen LogP contribution < -0.4 is 5.32 Å². The number of aromatic nitrogens is 3. The van der Waals surface area contributed by atoms with Crippen LogP contribution in [0, 0.1) is 5.92 Å². The predicted octanol–water partition coefficient (Wildman–Crippen LogP) is 2.41. The molecular weight excluding hydrogens is 228 g/mol. The van der Waals surface area contributed by atoms with Crippen molar-refractivity contribution in [2.24, 2.45) is 5.92 Å². The van der Waals surface area contributed by atoms with Crippen molar-refractivity contribution in [1.29, 1.82) is 0 Å². The second-order valence-electron chi connectivity index (χ2n) is 4.89. The lowest BCUT2D eigenvalue weighted by Gasteiger charge is -2.23. The summed E-state index contributed by atoms with van der Waals surface area (Å²) in [6.45, 7) is 6.46. The molecule has 2 N–H and O–H groups in total. The highest BCUT2D eigenvalue weighted by Gasteiger charge is 2.27. The predicted molar refractivity (Wildman–Crippen MR) is 70.2 cm³/mol. The smallest absolute Gasteiger partial charge is 0.231 e. The van der Waals surface area contributed by atoms with E-state index in [-0.39, 0.29) is 5.92 Å². The van der Waals surface area contributed by atoms with Gasteiger partial charge in [0.1, 0.15) is 0 Å². The fourth-order valence-corrected chi connectivity index (χ4v) is 2.21. The molecule has 0 bridgehead atoms. The maximum absolute atomic E-state index is 5.41. The van der Waals surface area contributed by atoms with E-state index >= 15 is 0 Å². The minimum atomic E-state index is 0.214. The molecule has 0 saturated carbocycles. The van der Waals surface area contributed by atoms with Gasteiger partial charge in [-0.15, -0.1) is 0 Å². The third-order valence-electron chi connectivity index (χ3n) is 3.28. The average molecular weight is 248 g/mol. The van der Waals surface area contributed by atoms with Crippen molar-refractivity contribution < 1.29 is 4.52 Å². The van der Waals surface area contributed by atoms with Gasteiger partial charge < -0.3 is 14.8 Å². The highest BCUT2D eigenvalue weighted by atomic mass is 16.5. The molecule has 98 valence electrons. The monoisotopic (exact) mass is 248 g/mol. The van der Waals surface area contributed by atoms with E-state index in [2.05, 4.69) is 41.2 Å². The van der Waals surface area contributed by atoms with E-state index in [1.165, 1.54) is 0 Å². The summed E-state index contributed by atoms with van der Waals surface area (Å²) in [4.78, 5) is 7.57. The molecule has 0 aliphatic heterocycles. The summed E-state index contributed by atoms with van der Waals surface area (Å²) < 4.78 is 5.41. The van der Waals surface area contributed by atoms with Crippen LogP contribution in [0.25, 0.3) is 11.5 Å². The first kappa shape index (κ1) is 12.8. The number of nitrogens with one attached hydrogen (secondary N) is 2. The van der Waals surface area contributed by atoms with Gasteiger partial charge in [0.05, 0.1) is 11.6 Å². The zero-order valence-electron chi connectivity index (χ0n) is 11.3. The Balaban J connectivity index is 2.27. The number of rotatable bonds is 5. The van der Waals surface area contributed by atoms with E-state index in [1.54, 1.807) is 0 Å². The Bertz CT molecular complexity index is 475. The van der Waals surface area contributed by atoms with Crippen molar-refractivity contribution in [2.75, 3.05) is 7.05 Å². The second-order valence-corrected chi connectivity index (χ2v) is 4.89. The topological polar surface area (TPSA) is 66.7 Å². The Labute approximate surface area is 107 Å². The fourth-order valence-electron chi connectivity index (χ4n) is 2.21. The molecule has 2 rings (SSSR count). The van der Waals surface area contributed by atoms with E-state index in [4.69, 9.17) is 4.52 Å². The SMILES string of the molecule is CNC(C)C(c1nc(-c2ccc[nH]2)no1)C(C)C. The number of hydrogen-bond donors (Lipinski definition) is 2. The summed E-state index contributed by atoms with van der Waals surface area (Å²) in [6.07, 6.45) is 1.85. The molecular formula is C13H20N4O. The van der Waals surface area contributed by atoms with Gasteiger partial charge in [0.15, 0.2) is 0 Å². The molecule has 0 amide bonds. The molecule has 0 aliphatic rings.